The lowest BCUT2D eigenvalue weighted by atomic mass is 9.43. The van der Waals surface area contributed by atoms with Crippen molar-refractivity contribution in [2.45, 2.75) is 98.0 Å². The van der Waals surface area contributed by atoms with E-state index in [9.17, 15) is 19.5 Å². The highest BCUT2D eigenvalue weighted by atomic mass is 16.6. The molecule has 5 nitrogen and oxygen atoms in total. The fourth-order valence-corrected chi connectivity index (χ4v) is 10.3. The first-order chi connectivity index (χ1) is 16.5. The van der Waals surface area contributed by atoms with Gasteiger partial charge >= 0.3 is 11.9 Å². The smallest absolute Gasteiger partial charge is 0.334 e. The number of allylic oxidation sites excluding steroid dienone is 2. The minimum atomic E-state index is -0.753. The predicted molar refractivity (Wildman–Crippen MR) is 133 cm³/mol. The number of fused-ring (bicyclic) bond motifs is 4. The molecule has 0 radical (unpaired) electrons. The van der Waals surface area contributed by atoms with Crippen LogP contribution in [0.15, 0.2) is 23.8 Å². The van der Waals surface area contributed by atoms with E-state index in [1.165, 1.54) is 19.3 Å². The molecule has 9 atom stereocenters. The minimum Gasteiger partial charge on any atom is -0.481 e. The number of ether oxygens (including phenoxy) is 1. The lowest BCUT2D eigenvalue weighted by Crippen LogP contribution is -2.56. The Labute approximate surface area is 209 Å². The first-order valence-corrected chi connectivity index (χ1v) is 13.7. The topological polar surface area (TPSA) is 80.7 Å². The van der Waals surface area contributed by atoms with Gasteiger partial charge in [0.05, 0.1) is 0 Å². The van der Waals surface area contributed by atoms with Crippen molar-refractivity contribution in [3.05, 3.63) is 23.8 Å². The molecule has 0 unspecified atom stereocenters. The second-order valence-corrected chi connectivity index (χ2v) is 13.2. The summed E-state index contributed by atoms with van der Waals surface area (Å²) in [4.78, 5) is 35.2. The Bertz CT molecular complexity index is 997. The van der Waals surface area contributed by atoms with Gasteiger partial charge in [-0.05, 0) is 110 Å². The SMILES string of the molecule is C=C1C(=O)O[C@@H]2C[C@@H]3[C@]4(CC[C@]5(C)[C@@H]([C@H](C)CCC=C(C)C=O)CC[C@@]35C)C[C@]4(CCC(=O)O)[C@H]12. The van der Waals surface area contributed by atoms with Crippen LogP contribution in [0.2, 0.25) is 0 Å². The van der Waals surface area contributed by atoms with E-state index in [1.807, 2.05) is 6.92 Å². The minimum absolute atomic E-state index is 0.0116. The van der Waals surface area contributed by atoms with E-state index < -0.39 is 5.97 Å². The van der Waals surface area contributed by atoms with Crippen LogP contribution >= 0.6 is 0 Å². The third-order valence-electron chi connectivity index (χ3n) is 12.2. The maximum absolute atomic E-state index is 12.6. The normalized spacial score (nSPS) is 46.7. The van der Waals surface area contributed by atoms with Crippen LogP contribution in [0.3, 0.4) is 0 Å². The van der Waals surface area contributed by atoms with Crippen molar-refractivity contribution in [2.24, 2.45) is 45.3 Å². The van der Waals surface area contributed by atoms with Gasteiger partial charge in [0.1, 0.15) is 12.4 Å². The maximum Gasteiger partial charge on any atom is 0.334 e. The van der Waals surface area contributed by atoms with E-state index in [-0.39, 0.29) is 46.1 Å². The summed E-state index contributed by atoms with van der Waals surface area (Å²) in [5, 5.41) is 9.54. The second-order valence-electron chi connectivity index (χ2n) is 13.2. The number of esters is 1. The summed E-state index contributed by atoms with van der Waals surface area (Å²) in [5.74, 6) is 0.652. The van der Waals surface area contributed by atoms with Crippen LogP contribution in [-0.4, -0.2) is 29.4 Å². The number of carbonyl (C=O) groups is 3. The van der Waals surface area contributed by atoms with Crippen LogP contribution in [0, 0.1) is 45.3 Å². The Morgan fingerprint density at radius 2 is 2.00 bits per heavy atom. The number of rotatable bonds is 8. The maximum atomic E-state index is 12.6. The molecule has 4 aliphatic carbocycles. The molecule has 0 aromatic heterocycles. The van der Waals surface area contributed by atoms with E-state index in [4.69, 9.17) is 4.74 Å². The average Bonchev–Trinajstić information content (AvgIpc) is 3.27. The molecular weight excluding hydrogens is 440 g/mol. The molecule has 5 heteroatoms. The average molecular weight is 483 g/mol. The van der Waals surface area contributed by atoms with Gasteiger partial charge in [0.25, 0.3) is 0 Å². The summed E-state index contributed by atoms with van der Waals surface area (Å²) in [6.07, 6.45) is 12.3. The van der Waals surface area contributed by atoms with Gasteiger partial charge < -0.3 is 9.84 Å². The Morgan fingerprint density at radius 3 is 2.69 bits per heavy atom. The Morgan fingerprint density at radius 1 is 1.26 bits per heavy atom. The van der Waals surface area contributed by atoms with Gasteiger partial charge in [-0.3, -0.25) is 9.59 Å². The first kappa shape index (κ1) is 24.8. The van der Waals surface area contributed by atoms with Crippen LogP contribution < -0.4 is 0 Å². The first-order valence-electron chi connectivity index (χ1n) is 13.7. The number of carboxylic acid groups (broad SMARTS) is 1. The van der Waals surface area contributed by atoms with Crippen molar-refractivity contribution in [3.63, 3.8) is 0 Å². The molecule has 0 bridgehead atoms. The van der Waals surface area contributed by atoms with Crippen molar-refractivity contribution >= 4 is 18.2 Å². The number of hydrogen-bond donors (Lipinski definition) is 1. The summed E-state index contributed by atoms with van der Waals surface area (Å²) in [5.41, 5.74) is 1.76. The van der Waals surface area contributed by atoms with Crippen LogP contribution in [0.4, 0.5) is 0 Å². The van der Waals surface area contributed by atoms with Gasteiger partial charge in [-0.2, -0.15) is 0 Å². The fourth-order valence-electron chi connectivity index (χ4n) is 10.3. The molecule has 1 heterocycles. The van der Waals surface area contributed by atoms with Crippen molar-refractivity contribution in [1.82, 2.24) is 0 Å². The Balaban J connectivity index is 1.44. The number of carbonyl (C=O) groups excluding carboxylic acids is 2. The quantitative estimate of drug-likeness (QED) is 0.256. The number of aldehydes is 1. The van der Waals surface area contributed by atoms with Crippen molar-refractivity contribution < 1.29 is 24.2 Å². The summed E-state index contributed by atoms with van der Waals surface area (Å²) in [6.45, 7) is 13.4. The van der Waals surface area contributed by atoms with E-state index >= 15 is 0 Å². The number of carboxylic acids is 1. The van der Waals surface area contributed by atoms with Gasteiger partial charge in [-0.1, -0.05) is 33.4 Å². The van der Waals surface area contributed by atoms with Crippen LogP contribution in [0.1, 0.15) is 91.9 Å². The summed E-state index contributed by atoms with van der Waals surface area (Å²) in [6, 6.07) is 0. The Hall–Kier alpha value is -1.91. The highest BCUT2D eigenvalue weighted by Gasteiger charge is 2.83. The fraction of sp³-hybridized carbons (Fsp3) is 0.767. The largest absolute Gasteiger partial charge is 0.481 e. The molecule has 0 aromatic rings. The van der Waals surface area contributed by atoms with Crippen LogP contribution in [-0.2, 0) is 19.1 Å². The molecule has 1 saturated heterocycles. The van der Waals surface area contributed by atoms with Crippen LogP contribution in [0.5, 0.6) is 0 Å². The van der Waals surface area contributed by atoms with E-state index in [2.05, 4.69) is 33.4 Å². The van der Waals surface area contributed by atoms with E-state index in [1.54, 1.807) is 0 Å². The predicted octanol–water partition coefficient (Wildman–Crippen LogP) is 6.12. The molecule has 1 N–H and O–H groups in total. The van der Waals surface area contributed by atoms with Gasteiger partial charge in [-0.25, -0.2) is 4.79 Å². The second kappa shape index (κ2) is 8.05. The monoisotopic (exact) mass is 482 g/mol. The van der Waals surface area contributed by atoms with Gasteiger partial charge in [-0.15, -0.1) is 0 Å². The molecule has 35 heavy (non-hydrogen) atoms. The highest BCUT2D eigenvalue weighted by Crippen LogP contribution is 2.88. The zero-order valence-electron chi connectivity index (χ0n) is 21.9. The number of hydrogen-bond acceptors (Lipinski definition) is 4. The summed E-state index contributed by atoms with van der Waals surface area (Å²) in [7, 11) is 0. The molecule has 5 fully saturated rings. The Kier molecular flexibility index (Phi) is 5.69. The van der Waals surface area contributed by atoms with Crippen molar-refractivity contribution in [2.75, 3.05) is 0 Å². The molecule has 192 valence electrons. The standard InChI is InChI=1S/C30H42O5/c1-18(16-31)7-6-8-19(2)21-9-11-28(5)23-15-22-25(20(3)26(34)35-22)30(12-10-24(32)33)17-29(23,30)14-13-27(21,28)4/h7,16,19,21-23,25H,3,6,8-15,17H2,1-2,4-5H3,(H,32,33)/t19-,21-,22-,23+,25-,27-,28+,29+,30-/m1/s1. The third-order valence-corrected chi connectivity index (χ3v) is 12.2. The van der Waals surface area contributed by atoms with Crippen molar-refractivity contribution in [3.8, 4) is 0 Å². The lowest BCUT2D eigenvalue weighted by molar-refractivity contribution is -0.158. The molecule has 1 spiro atoms. The molecule has 5 rings (SSSR count). The molecule has 5 aliphatic rings. The highest BCUT2D eigenvalue weighted by molar-refractivity contribution is 5.91. The summed E-state index contributed by atoms with van der Waals surface area (Å²) >= 11 is 0. The van der Waals surface area contributed by atoms with Gasteiger partial charge in [0.2, 0.25) is 0 Å². The van der Waals surface area contributed by atoms with E-state index in [0.29, 0.717) is 29.7 Å². The van der Waals surface area contributed by atoms with Crippen molar-refractivity contribution in [1.29, 1.82) is 0 Å². The number of aliphatic carboxylic acids is 1. The molecule has 4 saturated carbocycles. The molecule has 0 aromatic carbocycles. The van der Waals surface area contributed by atoms with Crippen LogP contribution in [0.25, 0.3) is 0 Å². The summed E-state index contributed by atoms with van der Waals surface area (Å²) < 4.78 is 5.92. The van der Waals surface area contributed by atoms with Gasteiger partial charge in [0, 0.05) is 17.9 Å². The zero-order chi connectivity index (χ0) is 25.4. The van der Waals surface area contributed by atoms with E-state index in [0.717, 1.165) is 44.0 Å². The molecule has 1 aliphatic heterocycles. The third kappa shape index (κ3) is 3.21. The van der Waals surface area contributed by atoms with Gasteiger partial charge in [0.15, 0.2) is 0 Å². The molecule has 0 amide bonds. The lowest BCUT2D eigenvalue weighted by Gasteiger charge is -2.61. The molecular formula is C30H42O5. The zero-order valence-corrected chi connectivity index (χ0v) is 21.9.